The summed E-state index contributed by atoms with van der Waals surface area (Å²) in [6.45, 7) is 0. The maximum atomic E-state index is 13.2. The van der Waals surface area contributed by atoms with Crippen LogP contribution in [0.5, 0.6) is 0 Å². The maximum Gasteiger partial charge on any atom is 0.310 e. The van der Waals surface area contributed by atoms with Gasteiger partial charge in [0.1, 0.15) is 18.0 Å². The van der Waals surface area contributed by atoms with E-state index < -0.39 is 24.3 Å². The van der Waals surface area contributed by atoms with Gasteiger partial charge in [-0.2, -0.15) is 0 Å². The number of rotatable bonds is 7. The predicted molar refractivity (Wildman–Crippen MR) is 98.8 cm³/mol. The van der Waals surface area contributed by atoms with Crippen LogP contribution < -0.4 is 0 Å². The molecule has 0 amide bonds. The van der Waals surface area contributed by atoms with Gasteiger partial charge in [-0.15, -0.1) is 0 Å². The summed E-state index contributed by atoms with van der Waals surface area (Å²) in [5.74, 6) is -2.22. The molecule has 4 nitrogen and oxygen atoms in total. The van der Waals surface area contributed by atoms with Gasteiger partial charge in [0.05, 0.1) is 6.10 Å². The minimum absolute atomic E-state index is 0.317. The Kier molecular flexibility index (Phi) is 6.91. The van der Waals surface area contributed by atoms with Gasteiger partial charge < -0.3 is 10.2 Å². The summed E-state index contributed by atoms with van der Waals surface area (Å²) in [4.78, 5) is 21.9. The number of carbonyl (C=O) groups excluding carboxylic acids is 1. The van der Waals surface area contributed by atoms with Crippen LogP contribution in [-0.4, -0.2) is 28.1 Å². The van der Waals surface area contributed by atoms with Crippen molar-refractivity contribution in [2.75, 3.05) is 0 Å². The highest BCUT2D eigenvalue weighted by atomic mass is 35.5. The number of carbonyl (C=O) groups is 2. The fourth-order valence-electron chi connectivity index (χ4n) is 2.37. The first-order valence-corrected chi connectivity index (χ1v) is 8.36. The molecular weight excluding hydrogens is 382 g/mol. The molecule has 0 bridgehead atoms. The van der Waals surface area contributed by atoms with E-state index >= 15 is 0 Å². The molecule has 0 aliphatic carbocycles. The number of ketones is 1. The molecular formula is C19H15Cl2FO4. The lowest BCUT2D eigenvalue weighted by Gasteiger charge is -2.11. The molecule has 0 aliphatic heterocycles. The van der Waals surface area contributed by atoms with Gasteiger partial charge >= 0.3 is 5.97 Å². The molecule has 0 saturated carbocycles. The summed E-state index contributed by atoms with van der Waals surface area (Å²) in [5.41, 5.74) is 1.84. The Balaban J connectivity index is 2.29. The number of hydrogen-bond donors (Lipinski definition) is 2. The molecule has 0 saturated heterocycles. The van der Waals surface area contributed by atoms with Crippen molar-refractivity contribution in [3.8, 4) is 11.1 Å². The second-order valence-electron chi connectivity index (χ2n) is 5.60. The van der Waals surface area contributed by atoms with Crippen LogP contribution in [0, 0.1) is 5.82 Å². The standard InChI is InChI=1S/C19H15Cl2FO4/c20-12-7-17(11-1-3-13(22)4-2-11)16(18(21)8-12)6-5-14(23)9-15(24)10-19(25)26/h1-8,14,23H,9-10H2,(H,25,26). The normalized spacial score (nSPS) is 12.3. The number of Topliss-reactive ketones (excluding diaryl/α,β-unsaturated/α-hetero) is 1. The largest absolute Gasteiger partial charge is 0.481 e. The number of aliphatic carboxylic acids is 1. The summed E-state index contributed by atoms with van der Waals surface area (Å²) in [6, 6.07) is 8.93. The smallest absolute Gasteiger partial charge is 0.310 e. The zero-order valence-corrected chi connectivity index (χ0v) is 15.0. The van der Waals surface area contributed by atoms with Crippen molar-refractivity contribution in [2.24, 2.45) is 0 Å². The molecule has 0 fully saturated rings. The molecule has 0 spiro atoms. The molecule has 0 aliphatic rings. The van der Waals surface area contributed by atoms with Crippen molar-refractivity contribution < 1.29 is 24.2 Å². The van der Waals surface area contributed by atoms with Gasteiger partial charge in [-0.1, -0.05) is 47.5 Å². The number of benzene rings is 2. The van der Waals surface area contributed by atoms with Crippen LogP contribution >= 0.6 is 23.2 Å². The molecule has 2 rings (SSSR count). The average Bonchev–Trinajstić information content (AvgIpc) is 2.53. The van der Waals surface area contributed by atoms with E-state index in [4.69, 9.17) is 28.3 Å². The summed E-state index contributed by atoms with van der Waals surface area (Å²) >= 11 is 12.3. The Labute approximate surface area is 159 Å². The molecule has 0 aromatic heterocycles. The van der Waals surface area contributed by atoms with Gasteiger partial charge in [0, 0.05) is 22.0 Å². The third-order valence-electron chi connectivity index (χ3n) is 3.52. The van der Waals surface area contributed by atoms with Gasteiger partial charge in [-0.25, -0.2) is 4.39 Å². The van der Waals surface area contributed by atoms with Crippen LogP contribution in [0.25, 0.3) is 17.2 Å². The number of carboxylic acids is 1. The van der Waals surface area contributed by atoms with Gasteiger partial charge in [0.25, 0.3) is 0 Å². The number of aliphatic hydroxyl groups is 1. The summed E-state index contributed by atoms with van der Waals surface area (Å²) < 4.78 is 13.2. The van der Waals surface area contributed by atoms with Crippen molar-refractivity contribution in [2.45, 2.75) is 18.9 Å². The zero-order valence-electron chi connectivity index (χ0n) is 13.5. The van der Waals surface area contributed by atoms with Crippen LogP contribution in [0.15, 0.2) is 42.5 Å². The molecule has 0 radical (unpaired) electrons. The Hall–Kier alpha value is -2.21. The van der Waals surface area contributed by atoms with Crippen molar-refractivity contribution in [1.29, 1.82) is 0 Å². The molecule has 2 aromatic rings. The molecule has 0 heterocycles. The molecule has 136 valence electrons. The second kappa shape index (κ2) is 8.94. The molecule has 26 heavy (non-hydrogen) atoms. The monoisotopic (exact) mass is 396 g/mol. The fraction of sp³-hybridized carbons (Fsp3) is 0.158. The first-order chi connectivity index (χ1) is 12.3. The number of halogens is 3. The van der Waals surface area contributed by atoms with Crippen molar-refractivity contribution in [3.63, 3.8) is 0 Å². The van der Waals surface area contributed by atoms with Gasteiger partial charge in [0.15, 0.2) is 0 Å². The lowest BCUT2D eigenvalue weighted by Crippen LogP contribution is -2.14. The van der Waals surface area contributed by atoms with Crippen LogP contribution in [0.3, 0.4) is 0 Å². The summed E-state index contributed by atoms with van der Waals surface area (Å²) in [7, 11) is 0. The number of aliphatic hydroxyl groups excluding tert-OH is 1. The van der Waals surface area contributed by atoms with Crippen LogP contribution in [0.2, 0.25) is 10.0 Å². The Morgan fingerprint density at radius 3 is 2.42 bits per heavy atom. The minimum Gasteiger partial charge on any atom is -0.481 e. The topological polar surface area (TPSA) is 74.6 Å². The highest BCUT2D eigenvalue weighted by Crippen LogP contribution is 2.34. The van der Waals surface area contributed by atoms with E-state index in [1.54, 1.807) is 18.2 Å². The van der Waals surface area contributed by atoms with Crippen molar-refractivity contribution in [1.82, 2.24) is 0 Å². The quantitative estimate of drug-likeness (QED) is 0.670. The van der Waals surface area contributed by atoms with Crippen molar-refractivity contribution in [3.05, 3.63) is 63.9 Å². The Morgan fingerprint density at radius 1 is 1.15 bits per heavy atom. The minimum atomic E-state index is -1.24. The van der Waals surface area contributed by atoms with E-state index in [-0.39, 0.29) is 12.2 Å². The third kappa shape index (κ3) is 5.66. The molecule has 1 unspecified atom stereocenters. The lowest BCUT2D eigenvalue weighted by atomic mass is 9.98. The van der Waals surface area contributed by atoms with Crippen molar-refractivity contribution >= 4 is 41.0 Å². The second-order valence-corrected chi connectivity index (χ2v) is 6.44. The average molecular weight is 397 g/mol. The summed E-state index contributed by atoms with van der Waals surface area (Å²) in [5, 5.41) is 19.2. The first-order valence-electron chi connectivity index (χ1n) is 7.61. The van der Waals surface area contributed by atoms with Crippen LogP contribution in [-0.2, 0) is 9.59 Å². The van der Waals surface area contributed by atoms with Gasteiger partial charge in [-0.05, 0) is 35.4 Å². The first kappa shape index (κ1) is 20.1. The zero-order chi connectivity index (χ0) is 19.3. The van der Waals surface area contributed by atoms with E-state index in [2.05, 4.69) is 0 Å². The maximum absolute atomic E-state index is 13.2. The van der Waals surface area contributed by atoms with Crippen LogP contribution in [0.4, 0.5) is 4.39 Å². The van der Waals surface area contributed by atoms with E-state index in [1.807, 2.05) is 0 Å². The van der Waals surface area contributed by atoms with E-state index in [1.165, 1.54) is 30.4 Å². The van der Waals surface area contributed by atoms with Gasteiger partial charge in [0.2, 0.25) is 0 Å². The molecule has 2 aromatic carbocycles. The van der Waals surface area contributed by atoms with E-state index in [0.29, 0.717) is 26.7 Å². The molecule has 2 N–H and O–H groups in total. The molecule has 1 atom stereocenters. The third-order valence-corrected chi connectivity index (χ3v) is 4.05. The number of hydrogen-bond acceptors (Lipinski definition) is 3. The SMILES string of the molecule is O=C(O)CC(=O)CC(O)C=Cc1c(Cl)cc(Cl)cc1-c1ccc(F)cc1. The number of carboxylic acid groups (broad SMARTS) is 1. The van der Waals surface area contributed by atoms with Crippen LogP contribution in [0.1, 0.15) is 18.4 Å². The Bertz CT molecular complexity index is 847. The van der Waals surface area contributed by atoms with E-state index in [9.17, 15) is 19.1 Å². The highest BCUT2D eigenvalue weighted by Gasteiger charge is 2.13. The molecule has 7 heteroatoms. The Morgan fingerprint density at radius 2 is 1.81 bits per heavy atom. The fourth-order valence-corrected chi connectivity index (χ4v) is 2.93. The van der Waals surface area contributed by atoms with E-state index in [0.717, 1.165) is 0 Å². The van der Waals surface area contributed by atoms with Gasteiger partial charge in [-0.3, -0.25) is 9.59 Å². The predicted octanol–water partition coefficient (Wildman–Crippen LogP) is 4.61. The lowest BCUT2D eigenvalue weighted by molar-refractivity contribution is -0.140. The highest BCUT2D eigenvalue weighted by molar-refractivity contribution is 6.36. The summed E-state index contributed by atoms with van der Waals surface area (Å²) in [6.07, 6.45) is 0.750.